The fraction of sp³-hybridized carbons (Fsp3) is 0.667. The molecule has 2 aliphatic carbocycles. The molecule has 5 rings (SSSR count). The predicted molar refractivity (Wildman–Crippen MR) is 157 cm³/mol. The lowest BCUT2D eigenvalue weighted by molar-refractivity contribution is -0.143. The van der Waals surface area contributed by atoms with E-state index in [1.54, 1.807) is 6.92 Å². The summed E-state index contributed by atoms with van der Waals surface area (Å²) in [5.74, 6) is 0.536. The van der Waals surface area contributed by atoms with Gasteiger partial charge in [-0.1, -0.05) is 38.2 Å². The first kappa shape index (κ1) is 29.7. The Balaban J connectivity index is 1.35. The van der Waals surface area contributed by atoms with Crippen molar-refractivity contribution >= 4 is 28.6 Å². The molecule has 0 spiro atoms. The van der Waals surface area contributed by atoms with Crippen LogP contribution in [0.5, 0.6) is 0 Å². The van der Waals surface area contributed by atoms with E-state index in [0.717, 1.165) is 67.0 Å². The molecule has 1 saturated heterocycles. The number of amides is 1. The highest BCUT2D eigenvalue weighted by atomic mass is 19.1. The van der Waals surface area contributed by atoms with Gasteiger partial charge in [0.2, 0.25) is 5.91 Å². The minimum atomic E-state index is -0.521. The summed E-state index contributed by atoms with van der Waals surface area (Å²) in [6, 6.07) is 5.02. The maximum atomic E-state index is 14.1. The topological polar surface area (TPSA) is 105 Å². The number of ether oxygens (including phenoxy) is 1. The van der Waals surface area contributed by atoms with E-state index in [4.69, 9.17) is 10.5 Å². The Morgan fingerprint density at radius 2 is 1.80 bits per heavy atom. The number of carbonyl (C=O) groups is 3. The third-order valence-corrected chi connectivity index (χ3v) is 10.2. The molecule has 0 bridgehead atoms. The number of rotatable bonds is 9. The number of esters is 1. The second kappa shape index (κ2) is 13.1. The van der Waals surface area contributed by atoms with E-state index in [1.807, 2.05) is 30.0 Å². The number of hydrogen-bond acceptors (Lipinski definition) is 5. The van der Waals surface area contributed by atoms with Gasteiger partial charge in [0.05, 0.1) is 12.6 Å². The van der Waals surface area contributed by atoms with E-state index in [-0.39, 0.29) is 41.8 Å². The number of aromatic nitrogens is 1. The summed E-state index contributed by atoms with van der Waals surface area (Å²) in [6.07, 6.45) is 10.0. The molecular weight excluding hydrogens is 521 g/mol. The van der Waals surface area contributed by atoms with Crippen molar-refractivity contribution in [3.8, 4) is 0 Å². The fourth-order valence-electron chi connectivity index (χ4n) is 7.88. The van der Waals surface area contributed by atoms with Crippen LogP contribution in [-0.4, -0.2) is 59.5 Å². The largest absolute Gasteiger partial charge is 0.461 e. The summed E-state index contributed by atoms with van der Waals surface area (Å²) in [5, 5.41) is 0.907. The van der Waals surface area contributed by atoms with Gasteiger partial charge in [0, 0.05) is 35.8 Å². The van der Waals surface area contributed by atoms with Gasteiger partial charge >= 0.3 is 5.97 Å². The molecule has 224 valence electrons. The van der Waals surface area contributed by atoms with Gasteiger partial charge in [0.25, 0.3) is 0 Å². The van der Waals surface area contributed by atoms with Crippen molar-refractivity contribution in [2.45, 2.75) is 96.6 Å². The average molecular weight is 568 g/mol. The van der Waals surface area contributed by atoms with E-state index < -0.39 is 18.8 Å². The van der Waals surface area contributed by atoms with Crippen molar-refractivity contribution in [1.82, 2.24) is 9.88 Å². The Bertz CT molecular complexity index is 1240. The summed E-state index contributed by atoms with van der Waals surface area (Å²) in [7, 11) is 0. The second-order valence-electron chi connectivity index (χ2n) is 12.6. The molecule has 7 nitrogen and oxygen atoms in total. The first-order chi connectivity index (χ1) is 19.8. The Morgan fingerprint density at radius 3 is 2.49 bits per heavy atom. The molecule has 3 fully saturated rings. The van der Waals surface area contributed by atoms with Crippen LogP contribution in [0.3, 0.4) is 0 Å². The van der Waals surface area contributed by atoms with Crippen LogP contribution in [0.2, 0.25) is 0 Å². The zero-order chi connectivity index (χ0) is 29.1. The number of nitrogens with one attached hydrogen (secondary N) is 1. The number of fused-ring (bicyclic) bond motifs is 1. The van der Waals surface area contributed by atoms with Gasteiger partial charge in [-0.3, -0.25) is 9.59 Å². The minimum Gasteiger partial charge on any atom is -0.461 e. The fourth-order valence-corrected chi connectivity index (χ4v) is 7.88. The van der Waals surface area contributed by atoms with E-state index in [1.165, 1.54) is 19.3 Å². The third kappa shape index (κ3) is 6.23. The molecule has 1 amide bonds. The van der Waals surface area contributed by atoms with Crippen molar-refractivity contribution in [2.24, 2.45) is 29.4 Å². The number of nitrogens with two attached hydrogens (primary N) is 1. The van der Waals surface area contributed by atoms with Gasteiger partial charge < -0.3 is 20.4 Å². The number of ketones is 1. The number of Topliss-reactive ketones (excluding diaryl/α,β-unsaturated/α-hetero) is 1. The predicted octanol–water partition coefficient (Wildman–Crippen LogP) is 5.67. The maximum Gasteiger partial charge on any atom is 0.355 e. The van der Waals surface area contributed by atoms with Crippen molar-refractivity contribution in [3.05, 3.63) is 35.0 Å². The summed E-state index contributed by atoms with van der Waals surface area (Å²) in [5.41, 5.74) is 8.94. The standard InChI is InChI=1S/C33H46FN3O4/c1-3-41-33(40)30-20(2)26-17-21(9-14-28(26)36-30)18-29(38)31-25(22-7-5-4-6-8-22)15-16-37(31)32(39)24-12-10-23(11-13-24)27(35)19-34/h9,14,17,22-25,27,31,36H,3-8,10-13,15-16,18-19,35H2,1-2H3/t23?,24?,25-,27?,31-/m0/s1. The average Bonchev–Trinajstić information content (AvgIpc) is 3.59. The first-order valence-corrected chi connectivity index (χ1v) is 15.7. The number of carbonyl (C=O) groups excluding carboxylic acids is 3. The Labute approximate surface area is 242 Å². The van der Waals surface area contributed by atoms with Gasteiger partial charge in [0.1, 0.15) is 12.4 Å². The highest BCUT2D eigenvalue weighted by molar-refractivity contribution is 5.99. The molecule has 2 heterocycles. The number of H-pyrrole nitrogens is 1. The van der Waals surface area contributed by atoms with Gasteiger partial charge in [-0.15, -0.1) is 0 Å². The smallest absolute Gasteiger partial charge is 0.355 e. The van der Waals surface area contributed by atoms with Crippen molar-refractivity contribution < 1.29 is 23.5 Å². The maximum absolute atomic E-state index is 14.1. The van der Waals surface area contributed by atoms with Crippen LogP contribution in [-0.2, 0) is 20.7 Å². The van der Waals surface area contributed by atoms with Crippen LogP contribution < -0.4 is 5.73 Å². The van der Waals surface area contributed by atoms with Crippen LogP contribution in [0, 0.1) is 30.6 Å². The molecule has 8 heteroatoms. The molecule has 3 aliphatic rings. The van der Waals surface area contributed by atoms with E-state index in [9.17, 15) is 18.8 Å². The summed E-state index contributed by atoms with van der Waals surface area (Å²) < 4.78 is 18.3. The molecule has 1 aromatic heterocycles. The number of benzene rings is 1. The zero-order valence-electron chi connectivity index (χ0n) is 24.6. The van der Waals surface area contributed by atoms with Crippen LogP contribution in [0.25, 0.3) is 10.9 Å². The van der Waals surface area contributed by atoms with Crippen molar-refractivity contribution in [3.63, 3.8) is 0 Å². The van der Waals surface area contributed by atoms with Crippen LogP contribution >= 0.6 is 0 Å². The summed E-state index contributed by atoms with van der Waals surface area (Å²) in [6.45, 7) is 4.10. The molecule has 2 aromatic rings. The zero-order valence-corrected chi connectivity index (χ0v) is 24.6. The summed E-state index contributed by atoms with van der Waals surface area (Å²) in [4.78, 5) is 45.5. The Morgan fingerprint density at radius 1 is 1.07 bits per heavy atom. The van der Waals surface area contributed by atoms with E-state index in [0.29, 0.717) is 24.8 Å². The van der Waals surface area contributed by atoms with Gasteiger partial charge in [-0.2, -0.15) is 0 Å². The van der Waals surface area contributed by atoms with E-state index >= 15 is 0 Å². The van der Waals surface area contributed by atoms with Crippen molar-refractivity contribution in [1.29, 1.82) is 0 Å². The quantitative estimate of drug-likeness (QED) is 0.380. The summed E-state index contributed by atoms with van der Waals surface area (Å²) >= 11 is 0. The molecule has 41 heavy (non-hydrogen) atoms. The number of likely N-dealkylation sites (tertiary alicyclic amines) is 1. The lowest BCUT2D eigenvalue weighted by Crippen LogP contribution is -2.48. The van der Waals surface area contributed by atoms with Crippen LogP contribution in [0.1, 0.15) is 92.7 Å². The molecule has 1 aliphatic heterocycles. The molecular formula is C33H46FN3O4. The SMILES string of the molecule is CCOC(=O)c1[nH]c2ccc(CC(=O)[C@@H]3[C@H](C4CCCCC4)CCN3C(=O)C3CCC(C(N)CF)CC3)cc2c1C. The van der Waals surface area contributed by atoms with Gasteiger partial charge in [-0.25, -0.2) is 9.18 Å². The Hall–Kier alpha value is -2.74. The molecule has 3 atom stereocenters. The third-order valence-electron chi connectivity index (χ3n) is 10.2. The molecule has 3 N–H and O–H groups in total. The Kier molecular flexibility index (Phi) is 9.47. The number of hydrogen-bond donors (Lipinski definition) is 2. The number of nitrogens with zero attached hydrogens (tertiary/aromatic N) is 1. The first-order valence-electron chi connectivity index (χ1n) is 15.7. The molecule has 0 radical (unpaired) electrons. The molecule has 1 aromatic carbocycles. The van der Waals surface area contributed by atoms with Crippen LogP contribution in [0.15, 0.2) is 18.2 Å². The molecule has 2 saturated carbocycles. The highest BCUT2D eigenvalue weighted by Gasteiger charge is 2.46. The number of alkyl halides is 1. The number of halogens is 1. The van der Waals surface area contributed by atoms with Crippen LogP contribution in [0.4, 0.5) is 4.39 Å². The normalized spacial score (nSPS) is 26.3. The monoisotopic (exact) mass is 567 g/mol. The lowest BCUT2D eigenvalue weighted by Gasteiger charge is -2.37. The second-order valence-corrected chi connectivity index (χ2v) is 12.6. The number of aromatic amines is 1. The highest BCUT2D eigenvalue weighted by Crippen LogP contribution is 2.41. The number of aryl methyl sites for hydroxylation is 1. The molecule has 1 unspecified atom stereocenters. The van der Waals surface area contributed by atoms with Crippen molar-refractivity contribution in [2.75, 3.05) is 19.8 Å². The van der Waals surface area contributed by atoms with E-state index in [2.05, 4.69) is 4.98 Å². The van der Waals surface area contributed by atoms with Gasteiger partial charge in [0.15, 0.2) is 5.78 Å². The lowest BCUT2D eigenvalue weighted by atomic mass is 9.75. The van der Waals surface area contributed by atoms with Gasteiger partial charge in [-0.05, 0) is 87.0 Å². The minimum absolute atomic E-state index is 0.102.